The van der Waals surface area contributed by atoms with Crippen LogP contribution in [0.25, 0.3) is 0 Å². The molecule has 2 aromatic rings. The van der Waals surface area contributed by atoms with Gasteiger partial charge in [-0.05, 0) is 84.4 Å². The van der Waals surface area contributed by atoms with Crippen LogP contribution in [0.5, 0.6) is 0 Å². The first-order chi connectivity index (χ1) is 17.0. The Morgan fingerprint density at radius 1 is 1.14 bits per heavy atom. The molecule has 0 amide bonds. The highest BCUT2D eigenvalue weighted by Gasteiger charge is 2.48. The maximum absolute atomic E-state index is 13.5. The zero-order valence-corrected chi connectivity index (χ0v) is 22.7. The quantitative estimate of drug-likeness (QED) is 0.283. The number of anilines is 1. The van der Waals surface area contributed by atoms with E-state index >= 15 is 0 Å². The van der Waals surface area contributed by atoms with E-state index in [1.807, 2.05) is 43.3 Å². The largest absolute Gasteiger partial charge is 0.511 e. The maximum Gasteiger partial charge on any atom is 0.349 e. The lowest BCUT2D eigenvalue weighted by Gasteiger charge is -2.41. The summed E-state index contributed by atoms with van der Waals surface area (Å²) in [4.78, 5) is 14.7. The predicted molar refractivity (Wildman–Crippen MR) is 146 cm³/mol. The van der Waals surface area contributed by atoms with Crippen LogP contribution >= 0.6 is 11.8 Å². The number of hydrogen-bond donors (Lipinski definition) is 3. The second kappa shape index (κ2) is 10.5. The van der Waals surface area contributed by atoms with Gasteiger partial charge in [0.1, 0.15) is 16.3 Å². The first-order valence-corrected chi connectivity index (χ1v) is 13.8. The van der Waals surface area contributed by atoms with Crippen molar-refractivity contribution < 1.29 is 19.7 Å². The van der Waals surface area contributed by atoms with Crippen molar-refractivity contribution in [2.75, 3.05) is 5.73 Å². The van der Waals surface area contributed by atoms with Crippen LogP contribution in [0.4, 0.5) is 5.69 Å². The second-order valence-electron chi connectivity index (χ2n) is 11.4. The predicted octanol–water partition coefficient (Wildman–Crippen LogP) is 6.74. The molecule has 0 radical (unpaired) electrons. The number of nitrogen functional groups attached to an aromatic ring is 1. The molecule has 0 aromatic heterocycles. The van der Waals surface area contributed by atoms with Gasteiger partial charge in [-0.1, -0.05) is 63.6 Å². The maximum atomic E-state index is 13.5. The van der Waals surface area contributed by atoms with Gasteiger partial charge in [-0.15, -0.1) is 0 Å². The first-order valence-electron chi connectivity index (χ1n) is 12.9. The number of aliphatic hydroxyl groups excluding tert-OH is 2. The van der Waals surface area contributed by atoms with Gasteiger partial charge in [-0.3, -0.25) is 0 Å². The van der Waals surface area contributed by atoms with Crippen LogP contribution in [-0.2, 0) is 28.0 Å². The van der Waals surface area contributed by atoms with Gasteiger partial charge in [-0.2, -0.15) is 0 Å². The Hall–Kier alpha value is -2.44. The molecule has 0 spiro atoms. The fourth-order valence-corrected chi connectivity index (χ4v) is 6.84. The third kappa shape index (κ3) is 5.60. The average Bonchev–Trinajstić information content (AvgIpc) is 3.36. The van der Waals surface area contributed by atoms with Gasteiger partial charge >= 0.3 is 5.97 Å². The molecule has 2 aromatic carbocycles. The number of carbonyl (C=O) groups is 1. The number of aliphatic hydroxyl groups is 2. The van der Waals surface area contributed by atoms with E-state index in [0.717, 1.165) is 64.9 Å². The van der Waals surface area contributed by atoms with Gasteiger partial charge in [0.05, 0.1) is 6.61 Å². The summed E-state index contributed by atoms with van der Waals surface area (Å²) < 4.78 is 6.32. The molecule has 1 saturated carbocycles. The number of benzene rings is 2. The zero-order chi connectivity index (χ0) is 26.1. The van der Waals surface area contributed by atoms with Crippen molar-refractivity contribution in [3.05, 3.63) is 69.3 Å². The van der Waals surface area contributed by atoms with E-state index < -0.39 is 11.6 Å². The molecule has 0 saturated heterocycles. The molecule has 1 aliphatic heterocycles. The fraction of sp³-hybridized carbons (Fsp3) is 0.500. The number of aryl methyl sites for hydroxylation is 2. The van der Waals surface area contributed by atoms with E-state index in [1.54, 1.807) is 0 Å². The van der Waals surface area contributed by atoms with Crippen molar-refractivity contribution in [2.24, 2.45) is 5.92 Å². The van der Waals surface area contributed by atoms with Crippen LogP contribution in [0.1, 0.15) is 81.5 Å². The lowest BCUT2D eigenvalue weighted by atomic mass is 9.77. The highest BCUT2D eigenvalue weighted by molar-refractivity contribution is 8.04. The number of rotatable bonds is 7. The molecule has 4 N–H and O–H groups in total. The topological polar surface area (TPSA) is 92.8 Å². The Morgan fingerprint density at radius 2 is 1.81 bits per heavy atom. The molecule has 1 heterocycles. The zero-order valence-electron chi connectivity index (χ0n) is 21.9. The molecular formula is C30H39NO4S. The van der Waals surface area contributed by atoms with Crippen molar-refractivity contribution in [3.8, 4) is 0 Å². The summed E-state index contributed by atoms with van der Waals surface area (Å²) >= 11 is 1.29. The molecule has 1 fully saturated rings. The summed E-state index contributed by atoms with van der Waals surface area (Å²) in [6, 6.07) is 11.8. The smallest absolute Gasteiger partial charge is 0.349 e. The fourth-order valence-electron chi connectivity index (χ4n) is 5.59. The van der Waals surface area contributed by atoms with E-state index in [0.29, 0.717) is 12.8 Å². The van der Waals surface area contributed by atoms with Crippen LogP contribution in [0.3, 0.4) is 0 Å². The van der Waals surface area contributed by atoms with E-state index in [1.165, 1.54) is 11.8 Å². The Balaban J connectivity index is 1.64. The minimum absolute atomic E-state index is 0.0340. The molecule has 194 valence electrons. The van der Waals surface area contributed by atoms with Crippen molar-refractivity contribution in [3.63, 3.8) is 0 Å². The summed E-state index contributed by atoms with van der Waals surface area (Å²) in [6.07, 6.45) is 6.07. The summed E-state index contributed by atoms with van der Waals surface area (Å²) in [5.74, 6) is -0.0546. The average molecular weight is 510 g/mol. The molecule has 6 heteroatoms. The molecule has 2 aliphatic rings. The number of thioether (sulfide) groups is 1. The summed E-state index contributed by atoms with van der Waals surface area (Å²) in [5.41, 5.74) is 9.71. The third-order valence-electron chi connectivity index (χ3n) is 7.75. The van der Waals surface area contributed by atoms with Gasteiger partial charge in [0.15, 0.2) is 0 Å². The van der Waals surface area contributed by atoms with E-state index in [4.69, 9.17) is 10.5 Å². The molecule has 0 bridgehead atoms. The molecule has 1 unspecified atom stereocenters. The number of esters is 1. The van der Waals surface area contributed by atoms with Gasteiger partial charge in [-0.25, -0.2) is 4.79 Å². The monoisotopic (exact) mass is 509 g/mol. The Morgan fingerprint density at radius 3 is 2.39 bits per heavy atom. The molecule has 5 nitrogen and oxygen atoms in total. The van der Waals surface area contributed by atoms with E-state index in [2.05, 4.69) is 20.8 Å². The van der Waals surface area contributed by atoms with Gasteiger partial charge < -0.3 is 20.7 Å². The van der Waals surface area contributed by atoms with Gasteiger partial charge in [0.2, 0.25) is 0 Å². The van der Waals surface area contributed by atoms with Crippen LogP contribution in [0.15, 0.2) is 52.0 Å². The molecule has 1 aliphatic carbocycles. The minimum atomic E-state index is -0.688. The highest BCUT2D eigenvalue weighted by Crippen LogP contribution is 2.49. The van der Waals surface area contributed by atoms with Gasteiger partial charge in [0.25, 0.3) is 0 Å². The number of cyclic esters (lactones) is 1. The van der Waals surface area contributed by atoms with Crippen LogP contribution in [-0.4, -0.2) is 21.8 Å². The molecular weight excluding hydrogens is 470 g/mol. The van der Waals surface area contributed by atoms with E-state index in [9.17, 15) is 15.0 Å². The van der Waals surface area contributed by atoms with Crippen LogP contribution < -0.4 is 5.73 Å². The Labute approximate surface area is 219 Å². The van der Waals surface area contributed by atoms with Crippen LogP contribution in [0, 0.1) is 12.8 Å². The number of nitrogens with two attached hydrogens (primary N) is 1. The summed E-state index contributed by atoms with van der Waals surface area (Å²) in [5, 5.41) is 21.1. The second-order valence-corrected chi connectivity index (χ2v) is 12.5. The van der Waals surface area contributed by atoms with Crippen molar-refractivity contribution in [2.45, 2.75) is 95.2 Å². The van der Waals surface area contributed by atoms with Crippen molar-refractivity contribution in [1.29, 1.82) is 0 Å². The third-order valence-corrected chi connectivity index (χ3v) is 8.92. The summed E-state index contributed by atoms with van der Waals surface area (Å²) in [6.45, 7) is 8.25. The lowest BCUT2D eigenvalue weighted by Crippen LogP contribution is -2.45. The molecule has 4 rings (SSSR count). The Kier molecular flexibility index (Phi) is 7.77. The van der Waals surface area contributed by atoms with Crippen molar-refractivity contribution in [1.82, 2.24) is 0 Å². The molecule has 1 atom stereocenters. The molecule has 36 heavy (non-hydrogen) atoms. The SMILES string of the molecule is Cc1cc(SC2=C(O)CC(CCc3ccc(N)cc3)(C3CCCC3)OC2=O)c(C(C)(C)C)cc1CO. The summed E-state index contributed by atoms with van der Waals surface area (Å²) in [7, 11) is 0. The number of ether oxygens (including phenoxy) is 1. The highest BCUT2D eigenvalue weighted by atomic mass is 32.2. The van der Waals surface area contributed by atoms with E-state index in [-0.39, 0.29) is 28.6 Å². The number of carbonyl (C=O) groups excluding carboxylic acids is 1. The minimum Gasteiger partial charge on any atom is -0.511 e. The lowest BCUT2D eigenvalue weighted by molar-refractivity contribution is -0.166. The normalized spacial score (nSPS) is 21.2. The Bertz CT molecular complexity index is 1140. The van der Waals surface area contributed by atoms with Gasteiger partial charge in [0, 0.05) is 17.0 Å². The first kappa shape index (κ1) is 26.6. The standard InChI is InChI=1S/C30H39NO4S/c1-19-15-26(24(29(2,3)4)16-21(19)18-32)36-27-25(33)17-30(35-28(27)34,22-7-5-6-8-22)14-13-20-9-11-23(31)12-10-20/h9-12,15-16,22,32-33H,5-8,13-14,17-18,31H2,1-4H3. The van der Waals surface area contributed by atoms with Crippen molar-refractivity contribution >= 4 is 23.4 Å². The number of hydrogen-bond acceptors (Lipinski definition) is 6. The van der Waals surface area contributed by atoms with Crippen LogP contribution in [0.2, 0.25) is 0 Å².